The zero-order valence-corrected chi connectivity index (χ0v) is 6.97. The molecule has 2 N–H and O–H groups in total. The quantitative estimate of drug-likeness (QED) is 0.627. The lowest BCUT2D eigenvalue weighted by atomic mass is 10.1. The average Bonchev–Trinajstić information content (AvgIpc) is 2.04. The molecular weight excluding hydrogens is 172 g/mol. The van der Waals surface area contributed by atoms with Gasteiger partial charge in [-0.2, -0.15) is 0 Å². The van der Waals surface area contributed by atoms with E-state index in [0.717, 1.165) is 11.1 Å². The highest BCUT2D eigenvalue weighted by Gasteiger charge is 2.04. The van der Waals surface area contributed by atoms with E-state index in [1.54, 1.807) is 18.6 Å². The minimum Gasteiger partial charge on any atom is -0.472 e. The Morgan fingerprint density at radius 2 is 2.33 bits per heavy atom. The largest absolute Gasteiger partial charge is 0.472 e. The first-order chi connectivity index (χ1) is 5.77. The van der Waals surface area contributed by atoms with E-state index < -0.39 is 0 Å². The minimum atomic E-state index is 0.443. The molecule has 0 aliphatic carbocycles. The van der Waals surface area contributed by atoms with Crippen LogP contribution in [0.15, 0.2) is 29.1 Å². The maximum Gasteiger partial charge on any atom is 0.139 e. The van der Waals surface area contributed by atoms with Gasteiger partial charge >= 0.3 is 0 Å². The summed E-state index contributed by atoms with van der Waals surface area (Å²) in [5, 5.41) is 0. The molecule has 0 aromatic rings. The van der Waals surface area contributed by atoms with Crippen molar-refractivity contribution in [2.75, 3.05) is 5.73 Å². The third-order valence-corrected chi connectivity index (χ3v) is 1.90. The summed E-state index contributed by atoms with van der Waals surface area (Å²) in [5.74, 6) is 0.443. The first-order valence-corrected chi connectivity index (χ1v) is 3.81. The van der Waals surface area contributed by atoms with Crippen LogP contribution in [0.2, 0.25) is 0 Å². The molecule has 2 heterocycles. The standard InChI is InChI=1S/C8H6N2OS/c9-7-3-5-1-2-11-4-6(5)8(12)10-7/h1-4H,(H2,9,10,12). The lowest BCUT2D eigenvalue weighted by molar-refractivity contribution is 0.551. The summed E-state index contributed by atoms with van der Waals surface area (Å²) in [5.41, 5.74) is 7.29. The molecule has 0 amide bonds. The molecule has 0 aromatic heterocycles. The summed E-state index contributed by atoms with van der Waals surface area (Å²) in [4.78, 5) is 3.93. The first-order valence-electron chi connectivity index (χ1n) is 3.40. The number of hydrogen-bond donors (Lipinski definition) is 1. The third-order valence-electron chi connectivity index (χ3n) is 1.59. The van der Waals surface area contributed by atoms with Gasteiger partial charge in [0, 0.05) is 0 Å². The van der Waals surface area contributed by atoms with Gasteiger partial charge in [0.15, 0.2) is 0 Å². The number of anilines is 1. The number of rotatable bonds is 0. The predicted octanol–water partition coefficient (Wildman–Crippen LogP) is 2.09. The lowest BCUT2D eigenvalue weighted by Gasteiger charge is -2.02. The van der Waals surface area contributed by atoms with Crippen LogP contribution in [0, 0.1) is 4.64 Å². The van der Waals surface area contributed by atoms with Crippen molar-refractivity contribution in [1.29, 1.82) is 0 Å². The van der Waals surface area contributed by atoms with Gasteiger partial charge in [-0.25, -0.2) is 4.98 Å². The van der Waals surface area contributed by atoms with Crippen molar-refractivity contribution in [3.63, 3.8) is 0 Å². The minimum absolute atomic E-state index is 0.443. The molecule has 3 nitrogen and oxygen atoms in total. The number of nitrogens with two attached hydrogens (primary N) is 1. The van der Waals surface area contributed by atoms with Gasteiger partial charge in [-0.15, -0.1) is 0 Å². The molecule has 0 saturated heterocycles. The number of nitrogens with zero attached hydrogens (tertiary/aromatic N) is 1. The molecule has 60 valence electrons. The summed E-state index contributed by atoms with van der Waals surface area (Å²) in [6.07, 6.45) is 3.15. The first kappa shape index (κ1) is 7.24. The van der Waals surface area contributed by atoms with Crippen molar-refractivity contribution in [2.24, 2.45) is 0 Å². The normalized spacial score (nSPS) is 10.3. The summed E-state index contributed by atoms with van der Waals surface area (Å²) in [7, 11) is 0. The smallest absolute Gasteiger partial charge is 0.139 e. The monoisotopic (exact) mass is 178 g/mol. The van der Waals surface area contributed by atoms with Crippen molar-refractivity contribution in [3.05, 3.63) is 29.3 Å². The second kappa shape index (κ2) is 2.57. The highest BCUT2D eigenvalue weighted by atomic mass is 32.1. The van der Waals surface area contributed by atoms with Crippen molar-refractivity contribution in [3.8, 4) is 11.1 Å². The fourth-order valence-corrected chi connectivity index (χ4v) is 1.32. The van der Waals surface area contributed by atoms with Crippen LogP contribution in [0.4, 0.5) is 5.82 Å². The van der Waals surface area contributed by atoms with Crippen molar-refractivity contribution in [1.82, 2.24) is 4.98 Å². The van der Waals surface area contributed by atoms with E-state index >= 15 is 0 Å². The molecule has 2 aliphatic rings. The van der Waals surface area contributed by atoms with E-state index in [4.69, 9.17) is 22.4 Å². The Kier molecular flexibility index (Phi) is 1.55. The molecule has 0 spiro atoms. The maximum absolute atomic E-state index is 5.52. The SMILES string of the molecule is Nc1cc2ccocc-2c(=S)n1. The van der Waals surface area contributed by atoms with Crippen molar-refractivity contribution in [2.45, 2.75) is 0 Å². The molecular formula is C8H6N2OS. The van der Waals surface area contributed by atoms with Crippen LogP contribution in [0.3, 0.4) is 0 Å². The summed E-state index contributed by atoms with van der Waals surface area (Å²) >= 11 is 4.99. The zero-order chi connectivity index (χ0) is 8.55. The molecule has 12 heavy (non-hydrogen) atoms. The number of hydrogen-bond acceptors (Lipinski definition) is 4. The van der Waals surface area contributed by atoms with Gasteiger partial charge in [-0.05, 0) is 17.7 Å². The van der Waals surface area contributed by atoms with E-state index in [1.807, 2.05) is 6.07 Å². The molecule has 2 aliphatic heterocycles. The number of nitrogen functional groups attached to an aromatic ring is 1. The molecule has 0 saturated carbocycles. The molecule has 0 aromatic carbocycles. The topological polar surface area (TPSA) is 52.0 Å². The van der Waals surface area contributed by atoms with Gasteiger partial charge in [-0.1, -0.05) is 12.2 Å². The molecule has 0 atom stereocenters. The highest BCUT2D eigenvalue weighted by Crippen LogP contribution is 2.22. The molecule has 0 unspecified atom stereocenters. The molecule has 2 rings (SSSR count). The number of fused-ring (bicyclic) bond motifs is 1. The summed E-state index contributed by atoms with van der Waals surface area (Å²) in [6.45, 7) is 0. The van der Waals surface area contributed by atoms with Crippen LogP contribution in [-0.4, -0.2) is 4.98 Å². The molecule has 0 fully saturated rings. The maximum atomic E-state index is 5.52. The fourth-order valence-electron chi connectivity index (χ4n) is 1.05. The van der Waals surface area contributed by atoms with E-state index in [-0.39, 0.29) is 0 Å². The van der Waals surface area contributed by atoms with Crippen LogP contribution < -0.4 is 5.73 Å². The van der Waals surface area contributed by atoms with E-state index in [1.165, 1.54) is 0 Å². The summed E-state index contributed by atoms with van der Waals surface area (Å²) < 4.78 is 5.44. The molecule has 0 bridgehead atoms. The zero-order valence-electron chi connectivity index (χ0n) is 6.15. The van der Waals surface area contributed by atoms with Gasteiger partial charge in [0.2, 0.25) is 0 Å². The van der Waals surface area contributed by atoms with E-state index in [2.05, 4.69) is 4.98 Å². The Morgan fingerprint density at radius 1 is 1.50 bits per heavy atom. The van der Waals surface area contributed by atoms with Crippen molar-refractivity contribution >= 4 is 18.0 Å². The highest BCUT2D eigenvalue weighted by molar-refractivity contribution is 7.71. The van der Waals surface area contributed by atoms with Gasteiger partial charge in [0.1, 0.15) is 16.7 Å². The summed E-state index contributed by atoms with van der Waals surface area (Å²) in [6, 6.07) is 3.57. The Morgan fingerprint density at radius 3 is 3.17 bits per heavy atom. The molecule has 4 heteroatoms. The van der Waals surface area contributed by atoms with Crippen LogP contribution >= 0.6 is 12.2 Å². The number of pyridine rings is 1. The van der Waals surface area contributed by atoms with Gasteiger partial charge in [-0.3, -0.25) is 0 Å². The predicted molar refractivity (Wildman–Crippen MR) is 48.4 cm³/mol. The lowest BCUT2D eigenvalue weighted by Crippen LogP contribution is -1.93. The Hall–Kier alpha value is -1.42. The van der Waals surface area contributed by atoms with Crippen LogP contribution in [0.1, 0.15) is 0 Å². The van der Waals surface area contributed by atoms with E-state index in [9.17, 15) is 0 Å². The van der Waals surface area contributed by atoms with Crippen LogP contribution in [0.25, 0.3) is 11.1 Å². The second-order valence-corrected chi connectivity index (χ2v) is 2.80. The van der Waals surface area contributed by atoms with Crippen molar-refractivity contribution < 1.29 is 4.42 Å². The van der Waals surface area contributed by atoms with Gasteiger partial charge < -0.3 is 10.2 Å². The Balaban J connectivity index is 2.89. The Labute approximate surface area is 74.2 Å². The van der Waals surface area contributed by atoms with Crippen LogP contribution in [-0.2, 0) is 0 Å². The average molecular weight is 178 g/mol. The van der Waals surface area contributed by atoms with Gasteiger partial charge in [0.25, 0.3) is 0 Å². The third kappa shape index (κ3) is 1.06. The van der Waals surface area contributed by atoms with Gasteiger partial charge in [0.05, 0.1) is 11.8 Å². The second-order valence-electron chi connectivity index (χ2n) is 2.41. The Bertz CT molecular complexity index is 438. The number of aromatic nitrogens is 1. The fraction of sp³-hybridized carbons (Fsp3) is 0. The molecule has 0 radical (unpaired) electrons. The van der Waals surface area contributed by atoms with Crippen LogP contribution in [0.5, 0.6) is 0 Å². The van der Waals surface area contributed by atoms with E-state index in [0.29, 0.717) is 10.5 Å².